The van der Waals surface area contributed by atoms with Crippen LogP contribution in [0.25, 0.3) is 22.2 Å². The second-order valence-electron chi connectivity index (χ2n) is 7.96. The third-order valence-corrected chi connectivity index (χ3v) is 6.36. The highest BCUT2D eigenvalue weighted by Crippen LogP contribution is 2.33. The highest BCUT2D eigenvalue weighted by atomic mass is 32.2. The first-order valence-corrected chi connectivity index (χ1v) is 10.6. The minimum atomic E-state index is -0.0890. The first-order chi connectivity index (χ1) is 14.0. The molecule has 0 spiro atoms. The van der Waals surface area contributed by atoms with Crippen LogP contribution in [0.1, 0.15) is 25.5 Å². The molecule has 0 radical (unpaired) electrons. The Morgan fingerprint density at radius 3 is 2.76 bits per heavy atom. The Balaban J connectivity index is 1.44. The third-order valence-electron chi connectivity index (χ3n) is 5.40. The topological polar surface area (TPSA) is 96.6 Å². The van der Waals surface area contributed by atoms with E-state index in [-0.39, 0.29) is 5.54 Å². The van der Waals surface area contributed by atoms with Gasteiger partial charge in [-0.15, -0.1) is 0 Å². The zero-order valence-corrected chi connectivity index (χ0v) is 17.3. The maximum absolute atomic E-state index is 6.25. The number of fused-ring (bicyclic) bond motifs is 2. The van der Waals surface area contributed by atoms with E-state index in [1.165, 1.54) is 0 Å². The summed E-state index contributed by atoms with van der Waals surface area (Å²) in [6, 6.07) is 10.3. The van der Waals surface area contributed by atoms with Crippen LogP contribution in [0.15, 0.2) is 46.5 Å². The van der Waals surface area contributed by atoms with Crippen molar-refractivity contribution in [2.45, 2.75) is 42.1 Å². The number of aromatic amines is 1. The molecular weight excluding hydrogens is 382 g/mol. The predicted molar refractivity (Wildman–Crippen MR) is 116 cm³/mol. The third kappa shape index (κ3) is 3.65. The van der Waals surface area contributed by atoms with Crippen LogP contribution < -0.4 is 10.6 Å². The number of rotatable bonds is 3. The van der Waals surface area contributed by atoms with Gasteiger partial charge in [-0.2, -0.15) is 4.98 Å². The number of aromatic nitrogens is 5. The van der Waals surface area contributed by atoms with Gasteiger partial charge in [-0.3, -0.25) is 4.98 Å². The molecule has 29 heavy (non-hydrogen) atoms. The van der Waals surface area contributed by atoms with E-state index in [2.05, 4.69) is 43.9 Å². The van der Waals surface area contributed by atoms with Gasteiger partial charge in [-0.25, -0.2) is 9.97 Å². The molecule has 0 saturated carbocycles. The average molecular weight is 406 g/mol. The lowest BCUT2D eigenvalue weighted by Crippen LogP contribution is -2.48. The van der Waals surface area contributed by atoms with Crippen LogP contribution in [0, 0.1) is 6.92 Å². The van der Waals surface area contributed by atoms with Crippen LogP contribution in [0.4, 0.5) is 5.95 Å². The summed E-state index contributed by atoms with van der Waals surface area (Å²) in [5.41, 5.74) is 9.49. The minimum absolute atomic E-state index is 0.0890. The average Bonchev–Trinajstić information content (AvgIpc) is 3.11. The number of benzene rings is 1. The van der Waals surface area contributed by atoms with Gasteiger partial charge < -0.3 is 15.6 Å². The molecular formula is C21H23N7S. The Kier molecular flexibility index (Phi) is 4.40. The molecule has 4 aromatic rings. The van der Waals surface area contributed by atoms with Gasteiger partial charge in [0, 0.05) is 34.6 Å². The molecule has 148 valence electrons. The molecule has 3 N–H and O–H groups in total. The Bertz CT molecular complexity index is 1190. The molecule has 1 aromatic carbocycles. The van der Waals surface area contributed by atoms with Crippen molar-refractivity contribution in [2.24, 2.45) is 5.73 Å². The molecule has 0 amide bonds. The van der Waals surface area contributed by atoms with Crippen LogP contribution in [0.2, 0.25) is 0 Å². The van der Waals surface area contributed by atoms with Crippen molar-refractivity contribution in [3.63, 3.8) is 0 Å². The standard InChI is InChI=1S/C21H23N7S/c1-13-11-16(14-5-3-4-6-15(14)24-13)29-17-12-23-18-19(25-17)27-20(26-18)28-9-7-21(2,22)8-10-28/h3-6,11-12H,7-10,22H2,1-2H3,(H,23,25,26,27). The smallest absolute Gasteiger partial charge is 0.206 e. The van der Waals surface area contributed by atoms with Crippen LogP contribution in [-0.4, -0.2) is 43.5 Å². The fourth-order valence-corrected chi connectivity index (χ4v) is 4.64. The normalized spacial score (nSPS) is 16.6. The summed E-state index contributed by atoms with van der Waals surface area (Å²) in [6.07, 6.45) is 3.68. The molecule has 0 bridgehead atoms. The van der Waals surface area contributed by atoms with Crippen molar-refractivity contribution < 1.29 is 0 Å². The monoisotopic (exact) mass is 405 g/mol. The molecule has 4 heterocycles. The quantitative estimate of drug-likeness (QED) is 0.537. The number of anilines is 1. The fraction of sp³-hybridized carbons (Fsp3) is 0.333. The zero-order valence-electron chi connectivity index (χ0n) is 16.5. The number of imidazole rings is 1. The van der Waals surface area contributed by atoms with E-state index in [4.69, 9.17) is 10.7 Å². The molecule has 0 unspecified atom stereocenters. The summed E-state index contributed by atoms with van der Waals surface area (Å²) in [5.74, 6) is 0.822. The summed E-state index contributed by atoms with van der Waals surface area (Å²) < 4.78 is 0. The summed E-state index contributed by atoms with van der Waals surface area (Å²) in [5, 5.41) is 1.95. The summed E-state index contributed by atoms with van der Waals surface area (Å²) >= 11 is 1.60. The second kappa shape index (κ2) is 6.96. The number of aryl methyl sites for hydroxylation is 1. The number of nitrogens with two attached hydrogens (primary N) is 1. The largest absolute Gasteiger partial charge is 0.342 e. The van der Waals surface area contributed by atoms with E-state index in [0.29, 0.717) is 11.3 Å². The maximum Gasteiger partial charge on any atom is 0.206 e. The number of hydrogen-bond donors (Lipinski definition) is 2. The van der Waals surface area contributed by atoms with Gasteiger partial charge in [-0.05, 0) is 38.8 Å². The lowest BCUT2D eigenvalue weighted by molar-refractivity contribution is 0.362. The number of pyridine rings is 1. The zero-order chi connectivity index (χ0) is 20.0. The summed E-state index contributed by atoms with van der Waals surface area (Å²) in [7, 11) is 0. The molecule has 0 aliphatic carbocycles. The number of piperidine rings is 1. The number of hydrogen-bond acceptors (Lipinski definition) is 7. The van der Waals surface area contributed by atoms with E-state index < -0.39 is 0 Å². The van der Waals surface area contributed by atoms with Crippen molar-refractivity contribution in [1.29, 1.82) is 0 Å². The van der Waals surface area contributed by atoms with Gasteiger partial charge in [0.2, 0.25) is 5.95 Å². The molecule has 3 aromatic heterocycles. The SMILES string of the molecule is Cc1cc(Sc2cnc3nc(N4CCC(C)(N)CC4)[nH]c3n2)c2ccccc2n1. The Labute approximate surface area is 173 Å². The Hall–Kier alpha value is -2.71. The van der Waals surface area contributed by atoms with Gasteiger partial charge >= 0.3 is 0 Å². The second-order valence-corrected chi connectivity index (χ2v) is 9.03. The number of nitrogens with zero attached hydrogens (tertiary/aromatic N) is 5. The Morgan fingerprint density at radius 1 is 1.14 bits per heavy atom. The minimum Gasteiger partial charge on any atom is -0.342 e. The Morgan fingerprint density at radius 2 is 1.93 bits per heavy atom. The molecule has 1 aliphatic rings. The van der Waals surface area contributed by atoms with Crippen LogP contribution in [-0.2, 0) is 0 Å². The van der Waals surface area contributed by atoms with Gasteiger partial charge in [0.25, 0.3) is 0 Å². The number of para-hydroxylation sites is 1. The summed E-state index contributed by atoms with van der Waals surface area (Å²) in [4.78, 5) is 25.2. The molecule has 0 atom stereocenters. The molecule has 1 aliphatic heterocycles. The van der Waals surface area contributed by atoms with Gasteiger partial charge in [0.1, 0.15) is 5.03 Å². The molecule has 8 heteroatoms. The van der Waals surface area contributed by atoms with Crippen molar-refractivity contribution in [3.8, 4) is 0 Å². The highest BCUT2D eigenvalue weighted by molar-refractivity contribution is 7.99. The van der Waals surface area contributed by atoms with Crippen molar-refractivity contribution in [2.75, 3.05) is 18.0 Å². The predicted octanol–water partition coefficient (Wildman–Crippen LogP) is 3.68. The first kappa shape index (κ1) is 18.3. The number of H-pyrrole nitrogens is 1. The lowest BCUT2D eigenvalue weighted by atomic mass is 9.91. The highest BCUT2D eigenvalue weighted by Gasteiger charge is 2.27. The van der Waals surface area contributed by atoms with Crippen LogP contribution in [0.3, 0.4) is 0 Å². The lowest BCUT2D eigenvalue weighted by Gasteiger charge is -2.36. The van der Waals surface area contributed by atoms with Crippen molar-refractivity contribution >= 4 is 39.9 Å². The van der Waals surface area contributed by atoms with Gasteiger partial charge in [-0.1, -0.05) is 30.0 Å². The van der Waals surface area contributed by atoms with Crippen molar-refractivity contribution in [1.82, 2.24) is 24.9 Å². The van der Waals surface area contributed by atoms with E-state index in [1.54, 1.807) is 18.0 Å². The van der Waals surface area contributed by atoms with Gasteiger partial charge in [0.05, 0.1) is 11.7 Å². The summed E-state index contributed by atoms with van der Waals surface area (Å²) in [6.45, 7) is 5.89. The van der Waals surface area contributed by atoms with E-state index >= 15 is 0 Å². The fourth-order valence-electron chi connectivity index (χ4n) is 3.66. The van der Waals surface area contributed by atoms with Crippen LogP contribution in [0.5, 0.6) is 0 Å². The van der Waals surface area contributed by atoms with Crippen LogP contribution >= 0.6 is 11.8 Å². The van der Waals surface area contributed by atoms with Crippen molar-refractivity contribution in [3.05, 3.63) is 42.2 Å². The molecule has 5 rings (SSSR count). The number of nitrogens with one attached hydrogen (secondary N) is 1. The van der Waals surface area contributed by atoms with E-state index in [0.717, 1.165) is 58.4 Å². The van der Waals surface area contributed by atoms with Gasteiger partial charge in [0.15, 0.2) is 11.3 Å². The van der Waals surface area contributed by atoms with E-state index in [1.807, 2.05) is 25.1 Å². The molecule has 1 fully saturated rings. The molecule has 7 nitrogen and oxygen atoms in total. The first-order valence-electron chi connectivity index (χ1n) is 9.78. The maximum atomic E-state index is 6.25. The van der Waals surface area contributed by atoms with E-state index in [9.17, 15) is 0 Å². The molecule has 1 saturated heterocycles.